The number of carbonyl (C=O) groups excluding carboxylic acids is 2. The molecule has 2 amide bonds. The molecule has 0 rings (SSSR count). The maximum atomic E-state index is 11.6. The van der Waals surface area contributed by atoms with Gasteiger partial charge in [0.15, 0.2) is 0 Å². The largest absolute Gasteiger partial charge is 0.387 e. The number of nitrogens with two attached hydrogens (primary N) is 2. The van der Waals surface area contributed by atoms with Crippen LogP contribution >= 0.6 is 0 Å². The predicted octanol–water partition coefficient (Wildman–Crippen LogP) is -0.819. The second-order valence-corrected chi connectivity index (χ2v) is 6.65. The Kier molecular flexibility index (Phi) is 21.6. The van der Waals surface area contributed by atoms with Crippen molar-refractivity contribution in [1.29, 1.82) is 0 Å². The van der Waals surface area contributed by atoms with Crippen LogP contribution in [-0.2, 0) is 28.5 Å². The number of hydrogen-bond acceptors (Lipinski definition) is 8. The van der Waals surface area contributed by atoms with Gasteiger partial charge < -0.3 is 41.0 Å². The van der Waals surface area contributed by atoms with Crippen molar-refractivity contribution in [3.8, 4) is 0 Å². The Morgan fingerprint density at radius 2 is 1.39 bits per heavy atom. The lowest BCUT2D eigenvalue weighted by atomic mass is 10.3. The third kappa shape index (κ3) is 22.7. The number of unbranched alkanes of at least 4 members (excludes halogenated alkanes) is 1. The summed E-state index contributed by atoms with van der Waals surface area (Å²) in [6, 6.07) is 0. The molecule has 0 spiro atoms. The maximum Gasteiger partial charge on any atom is 0.246 e. The molecule has 0 aliphatic rings. The molecule has 0 aliphatic heterocycles. The SMILES string of the molecule is CCCCNC(=O)COCCOCCNC(=O)COCCOCCN=C(N)CCCN. The Bertz CT molecular complexity index is 479. The normalized spacial score (nSPS) is 11.5. The molecular formula is C20H41N5O6. The van der Waals surface area contributed by atoms with Crippen LogP contribution < -0.4 is 22.1 Å². The van der Waals surface area contributed by atoms with Gasteiger partial charge in [0.25, 0.3) is 0 Å². The molecule has 11 nitrogen and oxygen atoms in total. The van der Waals surface area contributed by atoms with Crippen molar-refractivity contribution in [3.63, 3.8) is 0 Å². The van der Waals surface area contributed by atoms with Gasteiger partial charge in [-0.1, -0.05) is 13.3 Å². The molecule has 11 heteroatoms. The summed E-state index contributed by atoms with van der Waals surface area (Å²) >= 11 is 0. The quantitative estimate of drug-likeness (QED) is 0.0951. The van der Waals surface area contributed by atoms with Crippen LogP contribution in [0.4, 0.5) is 0 Å². The van der Waals surface area contributed by atoms with E-state index in [2.05, 4.69) is 22.5 Å². The lowest BCUT2D eigenvalue weighted by Crippen LogP contribution is -2.31. The van der Waals surface area contributed by atoms with Crippen molar-refractivity contribution < 1.29 is 28.5 Å². The fourth-order valence-corrected chi connectivity index (χ4v) is 2.15. The molecular weight excluding hydrogens is 406 g/mol. The van der Waals surface area contributed by atoms with Crippen molar-refractivity contribution in [2.45, 2.75) is 32.6 Å². The third-order valence-corrected chi connectivity index (χ3v) is 3.82. The first kappa shape index (κ1) is 29.2. The smallest absolute Gasteiger partial charge is 0.246 e. The summed E-state index contributed by atoms with van der Waals surface area (Å²) in [6.45, 7) is 6.38. The van der Waals surface area contributed by atoms with E-state index in [1.54, 1.807) is 0 Å². The summed E-state index contributed by atoms with van der Waals surface area (Å²) in [6.07, 6.45) is 3.52. The maximum absolute atomic E-state index is 11.6. The Balaban J connectivity index is 3.34. The van der Waals surface area contributed by atoms with E-state index in [1.165, 1.54) is 0 Å². The Morgan fingerprint density at radius 1 is 0.806 bits per heavy atom. The fourth-order valence-electron chi connectivity index (χ4n) is 2.15. The molecule has 0 radical (unpaired) electrons. The highest BCUT2D eigenvalue weighted by Gasteiger charge is 2.02. The number of carbonyl (C=O) groups is 2. The van der Waals surface area contributed by atoms with Crippen LogP contribution in [0.15, 0.2) is 4.99 Å². The molecule has 6 N–H and O–H groups in total. The number of amides is 2. The number of aliphatic imine (C=N–C) groups is 1. The van der Waals surface area contributed by atoms with Crippen LogP contribution in [0.3, 0.4) is 0 Å². The first-order valence-electron chi connectivity index (χ1n) is 10.9. The highest BCUT2D eigenvalue weighted by Crippen LogP contribution is 1.87. The number of nitrogens with one attached hydrogen (secondary N) is 2. The minimum absolute atomic E-state index is 0.0287. The summed E-state index contributed by atoms with van der Waals surface area (Å²) < 4.78 is 21.1. The van der Waals surface area contributed by atoms with Crippen LogP contribution in [0, 0.1) is 0 Å². The molecule has 0 aliphatic carbocycles. The summed E-state index contributed by atoms with van der Waals surface area (Å²) in [5, 5.41) is 5.45. The second kappa shape index (κ2) is 22.9. The third-order valence-electron chi connectivity index (χ3n) is 3.82. The molecule has 0 saturated heterocycles. The molecule has 0 heterocycles. The number of nitrogens with zero attached hydrogens (tertiary/aromatic N) is 1. The van der Waals surface area contributed by atoms with E-state index in [4.69, 9.17) is 30.4 Å². The lowest BCUT2D eigenvalue weighted by Gasteiger charge is -2.08. The van der Waals surface area contributed by atoms with Crippen LogP contribution in [0.5, 0.6) is 0 Å². The van der Waals surface area contributed by atoms with Gasteiger partial charge >= 0.3 is 0 Å². The average Bonchev–Trinajstić information content (AvgIpc) is 2.76. The zero-order valence-corrected chi connectivity index (χ0v) is 18.9. The van der Waals surface area contributed by atoms with Gasteiger partial charge in [0.2, 0.25) is 11.8 Å². The summed E-state index contributed by atoms with van der Waals surface area (Å²) in [4.78, 5) is 27.2. The van der Waals surface area contributed by atoms with Crippen molar-refractivity contribution in [2.24, 2.45) is 16.5 Å². The van der Waals surface area contributed by atoms with E-state index in [9.17, 15) is 9.59 Å². The minimum Gasteiger partial charge on any atom is -0.387 e. The Labute approximate surface area is 185 Å². The van der Waals surface area contributed by atoms with Crippen LogP contribution in [0.25, 0.3) is 0 Å². The molecule has 0 fully saturated rings. The lowest BCUT2D eigenvalue weighted by molar-refractivity contribution is -0.127. The van der Waals surface area contributed by atoms with Gasteiger partial charge in [0.1, 0.15) is 13.2 Å². The standard InChI is InChI=1S/C20H41N5O6/c1-2-3-7-24-19(26)16-30-15-13-29-11-9-25-20(27)17-31-14-12-28-10-8-23-18(22)5-4-6-21/h2-17,21H2,1H3,(H2,22,23)(H,24,26)(H,25,27). The Hall–Kier alpha value is -1.79. The molecule has 0 unspecified atom stereocenters. The van der Waals surface area contributed by atoms with Crippen LogP contribution in [-0.4, -0.2) is 96.7 Å². The highest BCUT2D eigenvalue weighted by atomic mass is 16.5. The Morgan fingerprint density at radius 3 is 2.00 bits per heavy atom. The molecule has 0 bridgehead atoms. The van der Waals surface area contributed by atoms with Gasteiger partial charge in [-0.15, -0.1) is 0 Å². The van der Waals surface area contributed by atoms with Gasteiger partial charge in [-0.05, 0) is 19.4 Å². The van der Waals surface area contributed by atoms with Gasteiger partial charge in [-0.25, -0.2) is 0 Å². The van der Waals surface area contributed by atoms with Gasteiger partial charge in [0, 0.05) is 19.5 Å². The fraction of sp³-hybridized carbons (Fsp3) is 0.850. The monoisotopic (exact) mass is 447 g/mol. The van der Waals surface area contributed by atoms with E-state index >= 15 is 0 Å². The summed E-state index contributed by atoms with van der Waals surface area (Å²) in [7, 11) is 0. The van der Waals surface area contributed by atoms with Gasteiger partial charge in [-0.2, -0.15) is 0 Å². The van der Waals surface area contributed by atoms with Gasteiger partial charge in [0.05, 0.1) is 52.0 Å². The topological polar surface area (TPSA) is 160 Å². The molecule has 182 valence electrons. The zero-order chi connectivity index (χ0) is 23.0. The molecule has 0 aromatic carbocycles. The van der Waals surface area contributed by atoms with Crippen LogP contribution in [0.1, 0.15) is 32.6 Å². The van der Waals surface area contributed by atoms with E-state index in [1.807, 2.05) is 0 Å². The first-order chi connectivity index (χ1) is 15.1. The number of ether oxygens (including phenoxy) is 4. The van der Waals surface area contributed by atoms with Crippen molar-refractivity contribution in [2.75, 3.05) is 79.0 Å². The van der Waals surface area contributed by atoms with Crippen LogP contribution in [0.2, 0.25) is 0 Å². The molecule has 31 heavy (non-hydrogen) atoms. The number of hydrogen-bond donors (Lipinski definition) is 4. The molecule has 0 aromatic heterocycles. The summed E-state index contributed by atoms with van der Waals surface area (Å²) in [5.74, 6) is 0.243. The van der Waals surface area contributed by atoms with E-state index in [0.717, 1.165) is 19.3 Å². The molecule has 0 aromatic rings. The molecule has 0 saturated carbocycles. The van der Waals surface area contributed by atoms with Crippen molar-refractivity contribution in [1.82, 2.24) is 10.6 Å². The van der Waals surface area contributed by atoms with E-state index in [0.29, 0.717) is 78.1 Å². The van der Waals surface area contributed by atoms with Crippen molar-refractivity contribution >= 4 is 17.6 Å². The second-order valence-electron chi connectivity index (χ2n) is 6.65. The van der Waals surface area contributed by atoms with Gasteiger partial charge in [-0.3, -0.25) is 14.6 Å². The van der Waals surface area contributed by atoms with E-state index in [-0.39, 0.29) is 25.0 Å². The van der Waals surface area contributed by atoms with Crippen molar-refractivity contribution in [3.05, 3.63) is 0 Å². The number of rotatable bonds is 22. The molecule has 0 atom stereocenters. The number of amidine groups is 1. The zero-order valence-electron chi connectivity index (χ0n) is 18.9. The first-order valence-corrected chi connectivity index (χ1v) is 10.9. The predicted molar refractivity (Wildman–Crippen MR) is 119 cm³/mol. The summed E-state index contributed by atoms with van der Waals surface area (Å²) in [5.41, 5.74) is 11.1. The minimum atomic E-state index is -0.221. The highest BCUT2D eigenvalue weighted by molar-refractivity contribution is 5.80. The average molecular weight is 448 g/mol. The van der Waals surface area contributed by atoms with E-state index < -0.39 is 0 Å².